The molecule has 1 aromatic carbocycles. The van der Waals surface area contributed by atoms with Crippen LogP contribution in [0.5, 0.6) is 0 Å². The van der Waals surface area contributed by atoms with Gasteiger partial charge in [-0.1, -0.05) is 26.8 Å². The summed E-state index contributed by atoms with van der Waals surface area (Å²) in [4.78, 5) is 22.9. The molecule has 0 aliphatic heterocycles. The molecule has 0 fully saturated rings. The third-order valence-electron chi connectivity index (χ3n) is 2.67. The molecular weight excluding hydrogens is 242 g/mol. The number of rotatable bonds is 3. The Labute approximate surface area is 113 Å². The van der Waals surface area contributed by atoms with Gasteiger partial charge in [0.05, 0.1) is 6.04 Å². The van der Waals surface area contributed by atoms with Crippen LogP contribution in [0.15, 0.2) is 24.3 Å². The Hall–Kier alpha value is -1.88. The quantitative estimate of drug-likeness (QED) is 0.779. The number of amides is 2. The number of hydrogen-bond acceptors (Lipinski definition) is 3. The average Bonchev–Trinajstić information content (AvgIpc) is 2.26. The molecule has 0 bridgehead atoms. The first kappa shape index (κ1) is 15.2. The lowest BCUT2D eigenvalue weighted by Crippen LogP contribution is -2.45. The summed E-state index contributed by atoms with van der Waals surface area (Å²) in [6, 6.07) is 6.34. The van der Waals surface area contributed by atoms with E-state index in [0.29, 0.717) is 11.4 Å². The molecule has 0 saturated heterocycles. The van der Waals surface area contributed by atoms with Crippen LogP contribution in [0.4, 0.5) is 11.4 Å². The van der Waals surface area contributed by atoms with E-state index in [0.717, 1.165) is 0 Å². The predicted molar refractivity (Wildman–Crippen MR) is 76.8 cm³/mol. The Kier molecular flexibility index (Phi) is 4.67. The Morgan fingerprint density at radius 3 is 2.16 bits per heavy atom. The van der Waals surface area contributed by atoms with Gasteiger partial charge in [0.25, 0.3) is 0 Å². The predicted octanol–water partition coefficient (Wildman–Crippen LogP) is 1.96. The molecule has 4 N–H and O–H groups in total. The molecule has 0 spiro atoms. The SMILES string of the molecule is CC(=O)Nc1cccc(NC(=O)[C@H](N)C(C)(C)C)c1. The molecule has 104 valence electrons. The van der Waals surface area contributed by atoms with Crippen molar-refractivity contribution in [2.24, 2.45) is 11.1 Å². The maximum Gasteiger partial charge on any atom is 0.241 e. The van der Waals surface area contributed by atoms with Crippen LogP contribution < -0.4 is 16.4 Å². The minimum Gasteiger partial charge on any atom is -0.326 e. The van der Waals surface area contributed by atoms with Crippen LogP contribution in [0.3, 0.4) is 0 Å². The van der Waals surface area contributed by atoms with E-state index in [1.807, 2.05) is 20.8 Å². The highest BCUT2D eigenvalue weighted by Gasteiger charge is 2.27. The monoisotopic (exact) mass is 263 g/mol. The van der Waals surface area contributed by atoms with E-state index in [9.17, 15) is 9.59 Å². The zero-order valence-electron chi connectivity index (χ0n) is 11.8. The van der Waals surface area contributed by atoms with Crippen molar-refractivity contribution in [3.63, 3.8) is 0 Å². The van der Waals surface area contributed by atoms with Crippen molar-refractivity contribution in [3.05, 3.63) is 24.3 Å². The summed E-state index contributed by atoms with van der Waals surface area (Å²) in [5.41, 5.74) is 6.81. The van der Waals surface area contributed by atoms with Crippen molar-refractivity contribution in [2.45, 2.75) is 33.7 Å². The summed E-state index contributed by atoms with van der Waals surface area (Å²) < 4.78 is 0. The topological polar surface area (TPSA) is 84.2 Å². The molecule has 0 aromatic heterocycles. The van der Waals surface area contributed by atoms with E-state index in [-0.39, 0.29) is 17.2 Å². The van der Waals surface area contributed by atoms with Gasteiger partial charge in [-0.05, 0) is 23.6 Å². The fraction of sp³-hybridized carbons (Fsp3) is 0.429. The summed E-state index contributed by atoms with van der Waals surface area (Å²) in [5, 5.41) is 5.40. The van der Waals surface area contributed by atoms with Gasteiger partial charge in [0.15, 0.2) is 0 Å². The summed E-state index contributed by atoms with van der Waals surface area (Å²) in [5.74, 6) is -0.401. The van der Waals surface area contributed by atoms with E-state index >= 15 is 0 Å². The first-order valence-electron chi connectivity index (χ1n) is 6.14. The molecule has 1 rings (SSSR count). The Balaban J connectivity index is 2.77. The van der Waals surface area contributed by atoms with Crippen molar-refractivity contribution >= 4 is 23.2 Å². The Morgan fingerprint density at radius 2 is 1.68 bits per heavy atom. The smallest absolute Gasteiger partial charge is 0.241 e. The van der Waals surface area contributed by atoms with Gasteiger partial charge in [-0.15, -0.1) is 0 Å². The highest BCUT2D eigenvalue weighted by atomic mass is 16.2. The number of hydrogen-bond donors (Lipinski definition) is 3. The molecule has 0 radical (unpaired) electrons. The lowest BCUT2D eigenvalue weighted by molar-refractivity contribution is -0.119. The molecule has 19 heavy (non-hydrogen) atoms. The van der Waals surface area contributed by atoms with Crippen molar-refractivity contribution in [3.8, 4) is 0 Å². The highest BCUT2D eigenvalue weighted by molar-refractivity contribution is 5.96. The maximum absolute atomic E-state index is 12.0. The normalized spacial score (nSPS) is 12.7. The van der Waals surface area contributed by atoms with Crippen molar-refractivity contribution in [2.75, 3.05) is 10.6 Å². The van der Waals surface area contributed by atoms with E-state index in [1.165, 1.54) is 6.92 Å². The molecule has 5 nitrogen and oxygen atoms in total. The van der Waals surface area contributed by atoms with Gasteiger partial charge in [0, 0.05) is 18.3 Å². The fourth-order valence-electron chi connectivity index (χ4n) is 1.49. The van der Waals surface area contributed by atoms with Crippen molar-refractivity contribution in [1.82, 2.24) is 0 Å². The summed E-state index contributed by atoms with van der Waals surface area (Å²) in [6.45, 7) is 7.15. The largest absolute Gasteiger partial charge is 0.326 e. The third kappa shape index (κ3) is 4.71. The average molecular weight is 263 g/mol. The highest BCUT2D eigenvalue weighted by Crippen LogP contribution is 2.20. The summed E-state index contributed by atoms with van der Waals surface area (Å²) in [6.07, 6.45) is 0. The van der Waals surface area contributed by atoms with Crippen LogP contribution in [0.25, 0.3) is 0 Å². The van der Waals surface area contributed by atoms with Gasteiger partial charge >= 0.3 is 0 Å². The van der Waals surface area contributed by atoms with Crippen molar-refractivity contribution in [1.29, 1.82) is 0 Å². The van der Waals surface area contributed by atoms with E-state index in [4.69, 9.17) is 5.73 Å². The molecule has 2 amide bonds. The van der Waals surface area contributed by atoms with Crippen LogP contribution in [-0.4, -0.2) is 17.9 Å². The summed E-state index contributed by atoms with van der Waals surface area (Å²) >= 11 is 0. The van der Waals surface area contributed by atoms with E-state index in [2.05, 4.69) is 10.6 Å². The number of nitrogens with one attached hydrogen (secondary N) is 2. The number of nitrogens with two attached hydrogens (primary N) is 1. The first-order chi connectivity index (χ1) is 8.70. The van der Waals surface area contributed by atoms with Gasteiger partial charge in [-0.3, -0.25) is 9.59 Å². The number of carbonyl (C=O) groups excluding carboxylic acids is 2. The van der Waals surface area contributed by atoms with Gasteiger partial charge in [0.1, 0.15) is 0 Å². The molecular formula is C14H21N3O2. The first-order valence-corrected chi connectivity index (χ1v) is 6.14. The second-order valence-corrected chi connectivity index (χ2v) is 5.59. The van der Waals surface area contributed by atoms with Gasteiger partial charge < -0.3 is 16.4 Å². The van der Waals surface area contributed by atoms with Gasteiger partial charge in [0.2, 0.25) is 11.8 Å². The van der Waals surface area contributed by atoms with Crippen molar-refractivity contribution < 1.29 is 9.59 Å². The molecule has 1 aromatic rings. The zero-order valence-corrected chi connectivity index (χ0v) is 11.8. The second kappa shape index (κ2) is 5.84. The number of carbonyl (C=O) groups is 2. The number of benzene rings is 1. The van der Waals surface area contributed by atoms with Gasteiger partial charge in [-0.25, -0.2) is 0 Å². The Morgan fingerprint density at radius 1 is 1.16 bits per heavy atom. The summed E-state index contributed by atoms with van der Waals surface area (Å²) in [7, 11) is 0. The van der Waals surface area contributed by atoms with E-state index < -0.39 is 6.04 Å². The minimum atomic E-state index is -0.600. The molecule has 0 aliphatic carbocycles. The van der Waals surface area contributed by atoms with Crippen LogP contribution in [0.2, 0.25) is 0 Å². The maximum atomic E-state index is 12.0. The number of anilines is 2. The fourth-order valence-corrected chi connectivity index (χ4v) is 1.49. The standard InChI is InChI=1S/C14H21N3O2/c1-9(18)16-10-6-5-7-11(8-10)17-13(19)12(15)14(2,3)4/h5-8,12H,15H2,1-4H3,(H,16,18)(H,17,19)/t12-/m0/s1. The minimum absolute atomic E-state index is 0.158. The molecule has 0 aliphatic rings. The molecule has 5 heteroatoms. The third-order valence-corrected chi connectivity index (χ3v) is 2.67. The van der Waals surface area contributed by atoms with Crippen LogP contribution in [-0.2, 0) is 9.59 Å². The van der Waals surface area contributed by atoms with Crippen LogP contribution >= 0.6 is 0 Å². The van der Waals surface area contributed by atoms with Crippen LogP contribution in [0.1, 0.15) is 27.7 Å². The molecule has 0 heterocycles. The Bertz CT molecular complexity index is 478. The second-order valence-electron chi connectivity index (χ2n) is 5.59. The lowest BCUT2D eigenvalue weighted by atomic mass is 9.87. The van der Waals surface area contributed by atoms with E-state index in [1.54, 1.807) is 24.3 Å². The molecule has 0 saturated carbocycles. The van der Waals surface area contributed by atoms with Gasteiger partial charge in [-0.2, -0.15) is 0 Å². The lowest BCUT2D eigenvalue weighted by Gasteiger charge is -2.25. The zero-order chi connectivity index (χ0) is 14.6. The molecule has 0 unspecified atom stereocenters. The molecule has 1 atom stereocenters. The van der Waals surface area contributed by atoms with Crippen LogP contribution in [0, 0.1) is 5.41 Å².